The molecule has 41 heavy (non-hydrogen) atoms. The van der Waals surface area contributed by atoms with Crippen molar-refractivity contribution in [2.24, 2.45) is 0 Å². The quantitative estimate of drug-likeness (QED) is 0.248. The zero-order valence-electron chi connectivity index (χ0n) is 23.2. The number of rotatable bonds is 12. The fourth-order valence-electron chi connectivity index (χ4n) is 4.49. The van der Waals surface area contributed by atoms with Crippen molar-refractivity contribution in [3.63, 3.8) is 0 Å². The molecule has 0 bridgehead atoms. The van der Waals surface area contributed by atoms with Crippen LogP contribution in [0.25, 0.3) is 10.9 Å². The van der Waals surface area contributed by atoms with Crippen molar-refractivity contribution in [3.05, 3.63) is 35.1 Å². The molecule has 1 fully saturated rings. The molecule has 0 radical (unpaired) electrons. The van der Waals surface area contributed by atoms with E-state index in [1.807, 2.05) is 12.1 Å². The summed E-state index contributed by atoms with van der Waals surface area (Å²) in [6.45, 7) is 6.27. The van der Waals surface area contributed by atoms with Crippen LogP contribution in [0, 0.1) is 11.8 Å². The van der Waals surface area contributed by atoms with Gasteiger partial charge in [-0.25, -0.2) is 9.97 Å². The molecule has 5 rings (SSSR count). The minimum Gasteiger partial charge on any atom is -0.493 e. The van der Waals surface area contributed by atoms with Gasteiger partial charge in [-0.05, 0) is 18.6 Å². The van der Waals surface area contributed by atoms with Crippen molar-refractivity contribution < 1.29 is 33.2 Å². The zero-order valence-corrected chi connectivity index (χ0v) is 23.9. The van der Waals surface area contributed by atoms with Crippen LogP contribution in [0.2, 0.25) is 5.02 Å². The Balaban J connectivity index is 1.32. The normalized spacial score (nSPS) is 14.5. The largest absolute Gasteiger partial charge is 0.493 e. The summed E-state index contributed by atoms with van der Waals surface area (Å²) in [5.41, 5.74) is 1.81. The van der Waals surface area contributed by atoms with Crippen LogP contribution >= 0.6 is 11.6 Å². The summed E-state index contributed by atoms with van der Waals surface area (Å²) in [4.78, 5) is 11.3. The second kappa shape index (κ2) is 14.4. The molecule has 12 heteroatoms. The molecule has 0 unspecified atom stereocenters. The van der Waals surface area contributed by atoms with Crippen LogP contribution in [0.4, 0.5) is 11.5 Å². The number of aromatic nitrogens is 2. The van der Waals surface area contributed by atoms with Crippen LogP contribution in [-0.4, -0.2) is 95.2 Å². The van der Waals surface area contributed by atoms with Crippen molar-refractivity contribution >= 4 is 34.0 Å². The van der Waals surface area contributed by atoms with Gasteiger partial charge in [-0.15, -0.1) is 0 Å². The molecule has 1 saturated heterocycles. The van der Waals surface area contributed by atoms with E-state index in [1.54, 1.807) is 20.3 Å². The van der Waals surface area contributed by atoms with Crippen LogP contribution in [0.15, 0.2) is 24.5 Å². The standard InChI is InChI=1S/C29H33ClN4O7/c1-35-13-14-37-9-3-5-20-15-22(30)26(28-27(20)40-19-41-28)33-29-21-16-24(36-2)25(17-23(21)31-18-32-29)39-10-4-6-34-7-11-38-12-8-34/h15-18H,4,6-14,19H2,1-2H3,(H,31,32,33). The first-order valence-corrected chi connectivity index (χ1v) is 13.8. The summed E-state index contributed by atoms with van der Waals surface area (Å²) >= 11 is 6.69. The number of hydrogen-bond acceptors (Lipinski definition) is 11. The van der Waals surface area contributed by atoms with E-state index in [4.69, 9.17) is 44.8 Å². The van der Waals surface area contributed by atoms with Crippen LogP contribution < -0.4 is 24.3 Å². The molecule has 1 aromatic heterocycles. The summed E-state index contributed by atoms with van der Waals surface area (Å²) in [6.07, 6.45) is 2.37. The van der Waals surface area contributed by atoms with Gasteiger partial charge in [0.2, 0.25) is 6.79 Å². The van der Waals surface area contributed by atoms with Gasteiger partial charge in [-0.2, -0.15) is 0 Å². The van der Waals surface area contributed by atoms with E-state index in [0.717, 1.165) is 44.7 Å². The highest BCUT2D eigenvalue weighted by Gasteiger charge is 2.25. The van der Waals surface area contributed by atoms with Gasteiger partial charge in [0.15, 0.2) is 23.0 Å². The van der Waals surface area contributed by atoms with Crippen LogP contribution in [-0.2, 0) is 14.2 Å². The molecule has 11 nitrogen and oxygen atoms in total. The predicted octanol–water partition coefficient (Wildman–Crippen LogP) is 3.88. The first-order valence-electron chi connectivity index (χ1n) is 13.4. The lowest BCUT2D eigenvalue weighted by Crippen LogP contribution is -2.37. The maximum atomic E-state index is 6.69. The highest BCUT2D eigenvalue weighted by atomic mass is 35.5. The first-order chi connectivity index (χ1) is 20.2. The third-order valence-electron chi connectivity index (χ3n) is 6.57. The molecule has 2 aliphatic rings. The van der Waals surface area contributed by atoms with Crippen molar-refractivity contribution in [1.29, 1.82) is 0 Å². The third kappa shape index (κ3) is 7.22. The number of benzene rings is 2. The molecule has 3 aromatic rings. The Morgan fingerprint density at radius 1 is 1.02 bits per heavy atom. The highest BCUT2D eigenvalue weighted by molar-refractivity contribution is 6.34. The maximum absolute atomic E-state index is 6.69. The van der Waals surface area contributed by atoms with E-state index in [-0.39, 0.29) is 13.4 Å². The highest BCUT2D eigenvalue weighted by Crippen LogP contribution is 2.47. The molecule has 0 amide bonds. The Morgan fingerprint density at radius 2 is 1.88 bits per heavy atom. The monoisotopic (exact) mass is 584 g/mol. The summed E-state index contributed by atoms with van der Waals surface area (Å²) in [5.74, 6) is 8.70. The molecule has 0 saturated carbocycles. The Kier molecular flexibility index (Phi) is 10.2. The van der Waals surface area contributed by atoms with Gasteiger partial charge in [-0.1, -0.05) is 23.4 Å². The topological polar surface area (TPSA) is 106 Å². The Morgan fingerprint density at radius 3 is 2.71 bits per heavy atom. The number of fused-ring (bicyclic) bond motifs is 2. The van der Waals surface area contributed by atoms with E-state index in [1.165, 1.54) is 6.33 Å². The lowest BCUT2D eigenvalue weighted by Gasteiger charge is -2.26. The molecule has 2 aromatic carbocycles. The molecular weight excluding hydrogens is 552 g/mol. The van der Waals surface area contributed by atoms with Gasteiger partial charge >= 0.3 is 0 Å². The molecule has 0 atom stereocenters. The Labute approximate surface area is 243 Å². The number of ether oxygens (including phenoxy) is 7. The molecule has 218 valence electrons. The smallest absolute Gasteiger partial charge is 0.231 e. The van der Waals surface area contributed by atoms with Gasteiger partial charge in [0.05, 0.1) is 56.2 Å². The molecular formula is C29H33ClN4O7. The van der Waals surface area contributed by atoms with Gasteiger partial charge in [-0.3, -0.25) is 4.90 Å². The molecule has 2 aliphatic heterocycles. The predicted molar refractivity (Wildman–Crippen MR) is 154 cm³/mol. The SMILES string of the molecule is COCCOCC#Cc1cc(Cl)c(Nc2ncnc3cc(OCCCN4CCOCC4)c(OC)cc23)c2c1OCO2. The number of nitrogens with one attached hydrogen (secondary N) is 1. The van der Waals surface area contributed by atoms with Gasteiger partial charge in [0.25, 0.3) is 0 Å². The van der Waals surface area contributed by atoms with E-state index >= 15 is 0 Å². The number of nitrogens with zero attached hydrogens (tertiary/aromatic N) is 3. The van der Waals surface area contributed by atoms with Crippen molar-refractivity contribution in [1.82, 2.24) is 14.9 Å². The van der Waals surface area contributed by atoms with Crippen LogP contribution in [0.5, 0.6) is 23.0 Å². The van der Waals surface area contributed by atoms with Gasteiger partial charge < -0.3 is 38.5 Å². The Bertz CT molecular complexity index is 1410. The molecule has 1 N–H and O–H groups in total. The number of methoxy groups -OCH3 is 2. The third-order valence-corrected chi connectivity index (χ3v) is 6.87. The minimum absolute atomic E-state index is 0.0496. The molecule has 0 aliphatic carbocycles. The summed E-state index contributed by atoms with van der Waals surface area (Å²) in [5, 5.41) is 4.43. The summed E-state index contributed by atoms with van der Waals surface area (Å²) in [6, 6.07) is 5.44. The average Bonchev–Trinajstić information content (AvgIpc) is 3.49. The number of hydrogen-bond donors (Lipinski definition) is 1. The Hall–Kier alpha value is -3.53. The van der Waals surface area contributed by atoms with Crippen LogP contribution in [0.1, 0.15) is 12.0 Å². The zero-order chi connectivity index (χ0) is 28.4. The second-order valence-corrected chi connectivity index (χ2v) is 9.62. The lowest BCUT2D eigenvalue weighted by molar-refractivity contribution is 0.0357. The average molecular weight is 585 g/mol. The van der Waals surface area contributed by atoms with Crippen molar-refractivity contribution in [2.75, 3.05) is 85.6 Å². The minimum atomic E-state index is 0.0496. The van der Waals surface area contributed by atoms with E-state index in [9.17, 15) is 0 Å². The molecule has 3 heterocycles. The van der Waals surface area contributed by atoms with Crippen LogP contribution in [0.3, 0.4) is 0 Å². The fourth-order valence-corrected chi connectivity index (χ4v) is 4.73. The first kappa shape index (κ1) is 29.0. The van der Waals surface area contributed by atoms with Gasteiger partial charge in [0.1, 0.15) is 24.4 Å². The van der Waals surface area contributed by atoms with E-state index in [0.29, 0.717) is 70.4 Å². The van der Waals surface area contributed by atoms with E-state index in [2.05, 4.69) is 32.0 Å². The number of halogens is 1. The lowest BCUT2D eigenvalue weighted by atomic mass is 10.1. The second-order valence-electron chi connectivity index (χ2n) is 9.22. The van der Waals surface area contributed by atoms with E-state index < -0.39 is 0 Å². The number of anilines is 2. The van der Waals surface area contributed by atoms with Crippen molar-refractivity contribution in [3.8, 4) is 34.8 Å². The summed E-state index contributed by atoms with van der Waals surface area (Å²) < 4.78 is 39.0. The molecule has 0 spiro atoms. The summed E-state index contributed by atoms with van der Waals surface area (Å²) in [7, 11) is 3.23. The maximum Gasteiger partial charge on any atom is 0.231 e. The number of morpholine rings is 1. The fraction of sp³-hybridized carbons (Fsp3) is 0.448. The van der Waals surface area contributed by atoms with Gasteiger partial charge in [0, 0.05) is 38.2 Å². The van der Waals surface area contributed by atoms with Crippen molar-refractivity contribution in [2.45, 2.75) is 6.42 Å².